The topological polar surface area (TPSA) is 88.5 Å². The number of hydrogen-bond acceptors (Lipinski definition) is 5. The minimum atomic E-state index is -0.498. The second-order valence-electron chi connectivity index (χ2n) is 7.60. The molecule has 2 aromatic rings. The lowest BCUT2D eigenvalue weighted by Gasteiger charge is -2.22. The number of benzene rings is 1. The largest absolute Gasteiger partial charge is 0.497 e. The van der Waals surface area contributed by atoms with Gasteiger partial charge in [0.2, 0.25) is 5.91 Å². The number of carbonyl (C=O) groups excluding carboxylic acids is 2. The zero-order valence-corrected chi connectivity index (χ0v) is 17.9. The van der Waals surface area contributed by atoms with Crippen molar-refractivity contribution < 1.29 is 14.3 Å². The number of halogens is 1. The van der Waals surface area contributed by atoms with Crippen LogP contribution in [0.1, 0.15) is 41.4 Å². The van der Waals surface area contributed by atoms with E-state index in [4.69, 9.17) is 4.74 Å². The number of carbonyl (C=O) groups is 2. The normalized spacial score (nSPS) is 21.2. The smallest absolute Gasteiger partial charge is 0.272 e. The molecule has 2 N–H and O–H groups in total. The lowest BCUT2D eigenvalue weighted by Crippen LogP contribution is -2.41. The molecule has 4 rings (SSSR count). The molecule has 2 amide bonds. The number of aromatic nitrogens is 2. The summed E-state index contributed by atoms with van der Waals surface area (Å²) in [5, 5.41) is 10.6. The summed E-state index contributed by atoms with van der Waals surface area (Å²) in [6.07, 6.45) is 4.61. The quantitative estimate of drug-likeness (QED) is 0.724. The van der Waals surface area contributed by atoms with E-state index in [0.717, 1.165) is 37.2 Å². The van der Waals surface area contributed by atoms with E-state index >= 15 is 0 Å². The Morgan fingerprint density at radius 3 is 2.77 bits per heavy atom. The van der Waals surface area contributed by atoms with Crippen LogP contribution in [0.3, 0.4) is 0 Å². The van der Waals surface area contributed by atoms with Crippen LogP contribution in [0.4, 0.5) is 0 Å². The molecule has 9 heteroatoms. The average Bonchev–Trinajstić information content (AvgIpc) is 3.38. The Morgan fingerprint density at radius 2 is 2.07 bits per heavy atom. The predicted octanol–water partition coefficient (Wildman–Crippen LogP) is 1.77. The SMILES string of the molecule is COc1ccc(CN2CCC(NC(=O)c3ccn(C4CCCNC4)n3)C2=O)cc1.Cl. The number of nitrogens with one attached hydrogen (secondary N) is 2. The van der Waals surface area contributed by atoms with Gasteiger partial charge in [0.05, 0.1) is 13.2 Å². The molecule has 0 saturated carbocycles. The molecule has 30 heavy (non-hydrogen) atoms. The number of likely N-dealkylation sites (tertiary alicyclic amines) is 1. The van der Waals surface area contributed by atoms with Crippen LogP contribution >= 0.6 is 12.4 Å². The van der Waals surface area contributed by atoms with Gasteiger partial charge in [0, 0.05) is 25.8 Å². The first-order chi connectivity index (χ1) is 14.1. The van der Waals surface area contributed by atoms with Crippen LogP contribution in [0.15, 0.2) is 36.5 Å². The van der Waals surface area contributed by atoms with Gasteiger partial charge in [-0.2, -0.15) is 5.10 Å². The number of ether oxygens (including phenoxy) is 1. The second-order valence-corrected chi connectivity index (χ2v) is 7.60. The highest BCUT2D eigenvalue weighted by Crippen LogP contribution is 2.19. The van der Waals surface area contributed by atoms with Crippen LogP contribution in [0.2, 0.25) is 0 Å². The molecule has 0 bridgehead atoms. The van der Waals surface area contributed by atoms with Crippen LogP contribution in [0, 0.1) is 0 Å². The summed E-state index contributed by atoms with van der Waals surface area (Å²) in [6.45, 7) is 3.04. The van der Waals surface area contributed by atoms with Crippen LogP contribution in [-0.4, -0.2) is 59.3 Å². The molecule has 2 atom stereocenters. The Hall–Kier alpha value is -2.58. The van der Waals surface area contributed by atoms with Gasteiger partial charge in [-0.05, 0) is 49.6 Å². The van der Waals surface area contributed by atoms with Crippen molar-refractivity contribution in [3.8, 4) is 5.75 Å². The Balaban J connectivity index is 0.00000256. The molecule has 2 unspecified atom stereocenters. The van der Waals surface area contributed by atoms with Gasteiger partial charge in [0.25, 0.3) is 5.91 Å². The van der Waals surface area contributed by atoms with Gasteiger partial charge in [0.1, 0.15) is 17.5 Å². The molecular weight excluding hydrogens is 406 g/mol. The lowest BCUT2D eigenvalue weighted by molar-refractivity contribution is -0.129. The summed E-state index contributed by atoms with van der Waals surface area (Å²) in [5.74, 6) is 0.442. The molecule has 0 spiro atoms. The maximum atomic E-state index is 12.7. The van der Waals surface area contributed by atoms with Crippen molar-refractivity contribution in [2.24, 2.45) is 0 Å². The van der Waals surface area contributed by atoms with E-state index < -0.39 is 6.04 Å². The van der Waals surface area contributed by atoms with E-state index in [2.05, 4.69) is 15.7 Å². The minimum Gasteiger partial charge on any atom is -0.497 e. The van der Waals surface area contributed by atoms with Gasteiger partial charge in [-0.15, -0.1) is 12.4 Å². The molecule has 8 nitrogen and oxygen atoms in total. The third-order valence-electron chi connectivity index (χ3n) is 5.62. The van der Waals surface area contributed by atoms with Crippen LogP contribution in [0.5, 0.6) is 5.75 Å². The highest BCUT2D eigenvalue weighted by Gasteiger charge is 2.33. The van der Waals surface area contributed by atoms with Gasteiger partial charge in [-0.3, -0.25) is 14.3 Å². The summed E-state index contributed by atoms with van der Waals surface area (Å²) >= 11 is 0. The number of nitrogens with zero attached hydrogens (tertiary/aromatic N) is 3. The molecule has 2 saturated heterocycles. The second kappa shape index (κ2) is 9.95. The number of rotatable bonds is 6. The van der Waals surface area contributed by atoms with Gasteiger partial charge < -0.3 is 20.3 Å². The monoisotopic (exact) mass is 433 g/mol. The van der Waals surface area contributed by atoms with E-state index in [1.807, 2.05) is 35.1 Å². The summed E-state index contributed by atoms with van der Waals surface area (Å²) in [7, 11) is 1.63. The molecule has 2 aliphatic rings. The molecule has 1 aromatic carbocycles. The minimum absolute atomic E-state index is 0. The molecule has 2 aliphatic heterocycles. The van der Waals surface area contributed by atoms with Crippen molar-refractivity contribution in [3.63, 3.8) is 0 Å². The Bertz CT molecular complexity index is 864. The van der Waals surface area contributed by atoms with Crippen LogP contribution in [0.25, 0.3) is 0 Å². The summed E-state index contributed by atoms with van der Waals surface area (Å²) in [4.78, 5) is 27.1. The molecule has 1 aromatic heterocycles. The zero-order valence-electron chi connectivity index (χ0n) is 17.0. The number of methoxy groups -OCH3 is 1. The fourth-order valence-electron chi connectivity index (χ4n) is 3.94. The molecule has 162 valence electrons. The summed E-state index contributed by atoms with van der Waals surface area (Å²) < 4.78 is 7.02. The Labute approximate surface area is 182 Å². The first-order valence-corrected chi connectivity index (χ1v) is 10.1. The van der Waals surface area contributed by atoms with E-state index in [0.29, 0.717) is 25.2 Å². The Kier molecular flexibility index (Phi) is 7.33. The first kappa shape index (κ1) is 22.1. The van der Waals surface area contributed by atoms with E-state index in [1.54, 1.807) is 18.1 Å². The van der Waals surface area contributed by atoms with E-state index in [1.165, 1.54) is 0 Å². The van der Waals surface area contributed by atoms with E-state index in [9.17, 15) is 9.59 Å². The average molecular weight is 434 g/mol. The van der Waals surface area contributed by atoms with Gasteiger partial charge in [-0.25, -0.2) is 0 Å². The summed E-state index contributed by atoms with van der Waals surface area (Å²) in [5.41, 5.74) is 1.39. The van der Waals surface area contributed by atoms with Crippen molar-refractivity contribution in [3.05, 3.63) is 47.8 Å². The third kappa shape index (κ3) is 4.94. The number of amides is 2. The maximum Gasteiger partial charge on any atom is 0.272 e. The first-order valence-electron chi connectivity index (χ1n) is 10.1. The molecule has 0 radical (unpaired) electrons. The predicted molar refractivity (Wildman–Crippen MR) is 115 cm³/mol. The van der Waals surface area contributed by atoms with E-state index in [-0.39, 0.29) is 30.3 Å². The van der Waals surface area contributed by atoms with Gasteiger partial charge in [0.15, 0.2) is 0 Å². The summed E-state index contributed by atoms with van der Waals surface area (Å²) in [6, 6.07) is 9.16. The maximum absolute atomic E-state index is 12.7. The number of hydrogen-bond donors (Lipinski definition) is 2. The Morgan fingerprint density at radius 1 is 1.27 bits per heavy atom. The highest BCUT2D eigenvalue weighted by molar-refractivity contribution is 5.96. The molecule has 3 heterocycles. The van der Waals surface area contributed by atoms with Crippen molar-refractivity contribution in [1.29, 1.82) is 0 Å². The van der Waals surface area contributed by atoms with Crippen LogP contribution < -0.4 is 15.4 Å². The fourth-order valence-corrected chi connectivity index (χ4v) is 3.94. The van der Waals surface area contributed by atoms with Gasteiger partial charge in [-0.1, -0.05) is 12.1 Å². The standard InChI is InChI=1S/C21H27N5O3.ClH/c1-29-17-6-4-15(5-7-17)14-25-11-8-19(21(25)28)23-20(27)18-9-12-26(24-18)16-3-2-10-22-13-16;/h4-7,9,12,16,19,22H,2-3,8,10-11,13-14H2,1H3,(H,23,27);1H. The molecule has 2 fully saturated rings. The lowest BCUT2D eigenvalue weighted by atomic mass is 10.1. The molecular formula is C21H28ClN5O3. The fraction of sp³-hybridized carbons (Fsp3) is 0.476. The van der Waals surface area contributed by atoms with Gasteiger partial charge >= 0.3 is 0 Å². The van der Waals surface area contributed by atoms with Crippen LogP contribution in [-0.2, 0) is 11.3 Å². The third-order valence-corrected chi connectivity index (χ3v) is 5.62. The zero-order chi connectivity index (χ0) is 20.2. The number of piperidine rings is 1. The van der Waals surface area contributed by atoms with Crippen molar-refractivity contribution in [1.82, 2.24) is 25.3 Å². The molecule has 0 aliphatic carbocycles. The van der Waals surface area contributed by atoms with Crippen molar-refractivity contribution >= 4 is 24.2 Å². The highest BCUT2D eigenvalue weighted by atomic mass is 35.5. The van der Waals surface area contributed by atoms with Crippen molar-refractivity contribution in [2.45, 2.75) is 37.9 Å². The van der Waals surface area contributed by atoms with Crippen molar-refractivity contribution in [2.75, 3.05) is 26.7 Å².